The van der Waals surface area contributed by atoms with Crippen LogP contribution in [0.4, 0.5) is 0 Å². The Balaban J connectivity index is 1.60. The van der Waals surface area contributed by atoms with Crippen LogP contribution in [0.3, 0.4) is 0 Å². The quantitative estimate of drug-likeness (QED) is 0.361. The first-order valence-electron chi connectivity index (χ1n) is 9.93. The van der Waals surface area contributed by atoms with Crippen LogP contribution in [0.2, 0.25) is 0 Å². The van der Waals surface area contributed by atoms with Gasteiger partial charge in [0.05, 0.1) is 0 Å². The molecule has 0 bridgehead atoms. The van der Waals surface area contributed by atoms with Crippen LogP contribution in [0.1, 0.15) is 42.4 Å². The molecule has 1 aliphatic carbocycles. The highest BCUT2D eigenvalue weighted by Crippen LogP contribution is 2.20. The van der Waals surface area contributed by atoms with Crippen molar-refractivity contribution in [1.82, 2.24) is 0 Å². The molecule has 0 saturated heterocycles. The number of ether oxygens (including phenoxy) is 2. The fourth-order valence-electron chi connectivity index (χ4n) is 3.02. The van der Waals surface area contributed by atoms with Gasteiger partial charge in [-0.05, 0) is 30.5 Å². The predicted octanol–water partition coefficient (Wildman–Crippen LogP) is 6.68. The van der Waals surface area contributed by atoms with Crippen molar-refractivity contribution in [1.29, 1.82) is 0 Å². The van der Waals surface area contributed by atoms with Gasteiger partial charge in [-0.1, -0.05) is 97.1 Å². The largest absolute Gasteiger partial charge is 0.349 e. The van der Waals surface area contributed by atoms with Crippen LogP contribution in [-0.2, 0) is 9.47 Å². The Morgan fingerprint density at radius 2 is 1.18 bits per heavy atom. The maximum atomic E-state index is 5.65. The lowest BCUT2D eigenvalue weighted by Crippen LogP contribution is -2.08. The van der Waals surface area contributed by atoms with Gasteiger partial charge in [0.25, 0.3) is 0 Å². The zero-order valence-electron chi connectivity index (χ0n) is 16.6. The van der Waals surface area contributed by atoms with E-state index < -0.39 is 0 Å². The van der Waals surface area contributed by atoms with Crippen molar-refractivity contribution in [2.45, 2.75) is 20.1 Å². The molecule has 2 aromatic rings. The van der Waals surface area contributed by atoms with E-state index in [0.29, 0.717) is 19.1 Å². The third kappa shape index (κ3) is 5.91. The number of allylic oxidation sites excluding steroid dienone is 5. The molecular weight excluding hydrogens is 344 g/mol. The van der Waals surface area contributed by atoms with Crippen molar-refractivity contribution in [3.05, 3.63) is 101 Å². The molecule has 2 heteroatoms. The highest BCUT2D eigenvalue weighted by Gasteiger charge is 2.10. The molecule has 0 amide bonds. The highest BCUT2D eigenvalue weighted by atomic mass is 16.7. The van der Waals surface area contributed by atoms with Gasteiger partial charge in [0.15, 0.2) is 6.29 Å². The van der Waals surface area contributed by atoms with Gasteiger partial charge in [0.2, 0.25) is 0 Å². The number of hydrogen-bond donors (Lipinski definition) is 0. The molecule has 0 saturated carbocycles. The molecule has 0 spiro atoms. The van der Waals surface area contributed by atoms with Crippen LogP contribution in [0.15, 0.2) is 78.9 Å². The molecule has 144 valence electrons. The lowest BCUT2D eigenvalue weighted by atomic mass is 10.1. The first-order valence-corrected chi connectivity index (χ1v) is 9.93. The van der Waals surface area contributed by atoms with E-state index in [9.17, 15) is 0 Å². The van der Waals surface area contributed by atoms with Gasteiger partial charge in [0.1, 0.15) is 0 Å². The Bertz CT molecular complexity index is 821. The zero-order chi connectivity index (χ0) is 19.6. The van der Waals surface area contributed by atoms with Crippen molar-refractivity contribution < 1.29 is 9.47 Å². The second-order valence-corrected chi connectivity index (χ2v) is 6.62. The Kier molecular flexibility index (Phi) is 7.60. The maximum Gasteiger partial charge on any atom is 0.183 e. The van der Waals surface area contributed by atoms with Crippen LogP contribution in [0.5, 0.6) is 0 Å². The topological polar surface area (TPSA) is 18.5 Å². The lowest BCUT2D eigenvalue weighted by molar-refractivity contribution is -0.140. The van der Waals surface area contributed by atoms with Gasteiger partial charge < -0.3 is 9.47 Å². The molecule has 2 aromatic carbocycles. The summed E-state index contributed by atoms with van der Waals surface area (Å²) >= 11 is 0. The van der Waals surface area contributed by atoms with Gasteiger partial charge >= 0.3 is 0 Å². The normalized spacial score (nSPS) is 14.2. The molecule has 0 aliphatic heterocycles. The molecule has 3 rings (SSSR count). The molecule has 0 atom stereocenters. The van der Waals surface area contributed by atoms with E-state index in [4.69, 9.17) is 9.47 Å². The van der Waals surface area contributed by atoms with Gasteiger partial charge in [-0.15, -0.1) is 0 Å². The second-order valence-electron chi connectivity index (χ2n) is 6.62. The van der Waals surface area contributed by atoms with Gasteiger partial charge in [-0.25, -0.2) is 0 Å². The summed E-state index contributed by atoms with van der Waals surface area (Å²) in [5.41, 5.74) is 4.60. The fraction of sp³-hybridized carbons (Fsp3) is 0.231. The predicted molar refractivity (Wildman–Crippen MR) is 119 cm³/mol. The summed E-state index contributed by atoms with van der Waals surface area (Å²) in [4.78, 5) is 0. The molecule has 0 aromatic heterocycles. The summed E-state index contributed by atoms with van der Waals surface area (Å²) in [6.45, 7) is 5.22. The van der Waals surface area contributed by atoms with E-state index >= 15 is 0 Å². The average Bonchev–Trinajstić information content (AvgIpc) is 3.25. The summed E-state index contributed by atoms with van der Waals surface area (Å²) in [5, 5.41) is 0. The monoisotopic (exact) mass is 372 g/mol. The summed E-state index contributed by atoms with van der Waals surface area (Å²) < 4.78 is 11.3. The Morgan fingerprint density at radius 1 is 0.714 bits per heavy atom. The number of hydrogen-bond acceptors (Lipinski definition) is 2. The minimum atomic E-state index is -0.288. The van der Waals surface area contributed by atoms with E-state index in [2.05, 4.69) is 97.1 Å². The van der Waals surface area contributed by atoms with E-state index in [1.165, 1.54) is 11.1 Å². The van der Waals surface area contributed by atoms with Crippen LogP contribution >= 0.6 is 0 Å². The van der Waals surface area contributed by atoms with Crippen molar-refractivity contribution in [3.8, 4) is 0 Å². The van der Waals surface area contributed by atoms with Crippen molar-refractivity contribution >= 4 is 18.2 Å². The standard InChI is InChI=1S/C26H28O2/c1-3-27-26(28-4-2)25-19-17-24(18-20-25)16-15-23-13-11-22(12-14-23)10-9-21-7-5-6-8-21/h5-21,26H,3-4H2,1-2H3/b10-9+,16-15+. The van der Waals surface area contributed by atoms with Crippen LogP contribution < -0.4 is 0 Å². The van der Waals surface area contributed by atoms with Crippen molar-refractivity contribution in [2.75, 3.05) is 13.2 Å². The second kappa shape index (κ2) is 10.6. The van der Waals surface area contributed by atoms with E-state index in [1.807, 2.05) is 13.8 Å². The van der Waals surface area contributed by atoms with Gasteiger partial charge in [-0.2, -0.15) is 0 Å². The van der Waals surface area contributed by atoms with Crippen LogP contribution in [0, 0.1) is 5.92 Å². The lowest BCUT2D eigenvalue weighted by Gasteiger charge is -2.17. The molecule has 0 radical (unpaired) electrons. The molecular formula is C26H28O2. The number of benzene rings is 2. The molecule has 0 fully saturated rings. The molecule has 28 heavy (non-hydrogen) atoms. The Labute approximate surface area is 168 Å². The Morgan fingerprint density at radius 3 is 1.68 bits per heavy atom. The summed E-state index contributed by atoms with van der Waals surface area (Å²) in [6.07, 6.45) is 16.9. The number of rotatable bonds is 9. The maximum absolute atomic E-state index is 5.65. The summed E-state index contributed by atoms with van der Waals surface area (Å²) in [7, 11) is 0. The highest BCUT2D eigenvalue weighted by molar-refractivity contribution is 5.70. The summed E-state index contributed by atoms with van der Waals surface area (Å²) in [6, 6.07) is 16.9. The minimum Gasteiger partial charge on any atom is -0.349 e. The zero-order valence-corrected chi connectivity index (χ0v) is 16.6. The third-order valence-electron chi connectivity index (χ3n) is 4.54. The minimum absolute atomic E-state index is 0.288. The van der Waals surface area contributed by atoms with Crippen LogP contribution in [0.25, 0.3) is 18.2 Å². The van der Waals surface area contributed by atoms with Crippen molar-refractivity contribution in [3.63, 3.8) is 0 Å². The SMILES string of the molecule is CCOC(OCC)c1ccc(/C=C/c2ccc(/C=C/C3C=CC=C3)cc2)cc1. The molecule has 2 nitrogen and oxygen atoms in total. The van der Waals surface area contributed by atoms with Gasteiger partial charge in [-0.3, -0.25) is 0 Å². The first kappa shape index (κ1) is 20.1. The third-order valence-corrected chi connectivity index (χ3v) is 4.54. The fourth-order valence-corrected chi connectivity index (χ4v) is 3.02. The molecule has 0 unspecified atom stereocenters. The van der Waals surface area contributed by atoms with Crippen molar-refractivity contribution in [2.24, 2.45) is 5.92 Å². The molecule has 0 N–H and O–H groups in total. The van der Waals surface area contributed by atoms with E-state index in [1.54, 1.807) is 0 Å². The van der Waals surface area contributed by atoms with Gasteiger partial charge in [0, 0.05) is 24.7 Å². The average molecular weight is 373 g/mol. The first-order chi connectivity index (χ1) is 13.8. The van der Waals surface area contributed by atoms with E-state index in [-0.39, 0.29) is 6.29 Å². The molecule has 0 heterocycles. The Hall–Kier alpha value is -2.68. The summed E-state index contributed by atoms with van der Waals surface area (Å²) in [5.74, 6) is 0.424. The van der Waals surface area contributed by atoms with E-state index in [0.717, 1.165) is 11.1 Å². The molecule has 1 aliphatic rings. The van der Waals surface area contributed by atoms with Crippen LogP contribution in [-0.4, -0.2) is 13.2 Å². The smallest absolute Gasteiger partial charge is 0.183 e.